The lowest BCUT2D eigenvalue weighted by molar-refractivity contribution is -0.272. The minimum absolute atomic E-state index is 0.0115. The highest BCUT2D eigenvalue weighted by Gasteiger charge is 2.62. The number of aromatic nitrogens is 1. The largest absolute Gasteiger partial charge is 0.505 e. The van der Waals surface area contributed by atoms with Gasteiger partial charge in [-0.3, -0.25) is 4.98 Å². The van der Waals surface area contributed by atoms with Crippen molar-refractivity contribution in [2.45, 2.75) is 44.0 Å². The molecule has 1 aliphatic carbocycles. The van der Waals surface area contributed by atoms with Crippen molar-refractivity contribution in [3.05, 3.63) is 64.1 Å². The van der Waals surface area contributed by atoms with Crippen LogP contribution in [0, 0.1) is 12.7 Å². The number of benzene rings is 2. The number of fused-ring (bicyclic) bond motifs is 2. The Kier molecular flexibility index (Phi) is 5.05. The molecule has 4 rings (SSSR count). The summed E-state index contributed by atoms with van der Waals surface area (Å²) in [4.78, 5) is 4.38. The predicted molar refractivity (Wildman–Crippen MR) is 110 cm³/mol. The number of hydrogen-bond donors (Lipinski definition) is 3. The second-order valence-corrected chi connectivity index (χ2v) is 8.36. The number of nitrogens with zero attached hydrogens (tertiary/aromatic N) is 1. The molecule has 1 heterocycles. The molecule has 0 spiro atoms. The fraction of sp³-hybridized carbons (Fsp3) is 0.318. The molecule has 0 saturated heterocycles. The van der Waals surface area contributed by atoms with E-state index < -0.39 is 46.7 Å². The Labute approximate surface area is 180 Å². The molecule has 164 valence electrons. The highest BCUT2D eigenvalue weighted by atomic mass is 35.5. The molecule has 3 unspecified atom stereocenters. The van der Waals surface area contributed by atoms with E-state index in [0.717, 1.165) is 11.8 Å². The second-order valence-electron chi connectivity index (χ2n) is 7.95. The van der Waals surface area contributed by atoms with Gasteiger partial charge < -0.3 is 15.5 Å². The van der Waals surface area contributed by atoms with Crippen LogP contribution in [0.15, 0.2) is 36.4 Å². The average molecular weight is 455 g/mol. The van der Waals surface area contributed by atoms with Crippen LogP contribution in [0.25, 0.3) is 10.9 Å². The zero-order valence-corrected chi connectivity index (χ0v) is 17.3. The van der Waals surface area contributed by atoms with Gasteiger partial charge in [0.2, 0.25) is 0 Å². The van der Waals surface area contributed by atoms with Crippen molar-refractivity contribution in [2.75, 3.05) is 5.32 Å². The fourth-order valence-corrected chi connectivity index (χ4v) is 4.57. The molecular formula is C22H19ClF4N2O2. The Balaban J connectivity index is 1.95. The Hall–Kier alpha value is -2.58. The van der Waals surface area contributed by atoms with Crippen molar-refractivity contribution < 1.29 is 27.8 Å². The third-order valence-electron chi connectivity index (χ3n) is 5.83. The van der Waals surface area contributed by atoms with Gasteiger partial charge in [0, 0.05) is 22.3 Å². The minimum atomic E-state index is -5.01. The van der Waals surface area contributed by atoms with Crippen molar-refractivity contribution in [1.82, 2.24) is 4.98 Å². The van der Waals surface area contributed by atoms with Crippen molar-refractivity contribution in [1.29, 1.82) is 0 Å². The molecule has 3 N–H and O–H groups in total. The van der Waals surface area contributed by atoms with E-state index in [-0.39, 0.29) is 11.1 Å². The number of phenolic OH excluding ortho intramolecular Hbond substituents is 1. The van der Waals surface area contributed by atoms with Gasteiger partial charge in [0.1, 0.15) is 0 Å². The number of alkyl halides is 3. The van der Waals surface area contributed by atoms with Crippen LogP contribution in [0.3, 0.4) is 0 Å². The first-order valence-electron chi connectivity index (χ1n) is 9.57. The van der Waals surface area contributed by atoms with Crippen molar-refractivity contribution in [2.24, 2.45) is 0 Å². The zero-order chi connectivity index (χ0) is 22.7. The zero-order valence-electron chi connectivity index (χ0n) is 16.6. The van der Waals surface area contributed by atoms with Crippen LogP contribution in [0.5, 0.6) is 5.75 Å². The van der Waals surface area contributed by atoms with Crippen LogP contribution < -0.4 is 5.32 Å². The molecule has 0 bridgehead atoms. The maximum Gasteiger partial charge on any atom is 0.419 e. The average Bonchev–Trinajstić information content (AvgIpc) is 2.67. The van der Waals surface area contributed by atoms with Gasteiger partial charge in [0.05, 0.1) is 16.6 Å². The molecule has 3 aromatic rings. The van der Waals surface area contributed by atoms with E-state index >= 15 is 0 Å². The van der Waals surface area contributed by atoms with Gasteiger partial charge in [-0.15, -0.1) is 0 Å². The number of anilines is 1. The molecule has 1 aromatic heterocycles. The summed E-state index contributed by atoms with van der Waals surface area (Å²) in [5.41, 5.74) is -1.71. The quantitative estimate of drug-likeness (QED) is 0.416. The van der Waals surface area contributed by atoms with Crippen LogP contribution in [0.2, 0.25) is 5.02 Å². The molecule has 4 nitrogen and oxygen atoms in total. The van der Waals surface area contributed by atoms with Gasteiger partial charge in [0.15, 0.2) is 17.2 Å². The smallest absolute Gasteiger partial charge is 0.419 e. The first kappa shape index (κ1) is 21.6. The molecule has 3 atom stereocenters. The number of hydrogen-bond acceptors (Lipinski definition) is 4. The van der Waals surface area contributed by atoms with Crippen LogP contribution >= 0.6 is 11.6 Å². The number of aryl methyl sites for hydroxylation is 1. The number of aromatic hydroxyl groups is 1. The van der Waals surface area contributed by atoms with E-state index in [2.05, 4.69) is 10.3 Å². The Morgan fingerprint density at radius 3 is 2.61 bits per heavy atom. The fourth-order valence-electron chi connectivity index (χ4n) is 4.36. The second kappa shape index (κ2) is 7.24. The lowest BCUT2D eigenvalue weighted by Gasteiger charge is -2.45. The van der Waals surface area contributed by atoms with Crippen molar-refractivity contribution in [3.63, 3.8) is 0 Å². The summed E-state index contributed by atoms with van der Waals surface area (Å²) in [6, 6.07) is 7.65. The number of nitrogens with one attached hydrogen (secondary N) is 1. The highest BCUT2D eigenvalue weighted by molar-refractivity contribution is 6.31. The number of aliphatic hydroxyl groups is 1. The monoisotopic (exact) mass is 454 g/mol. The predicted octanol–water partition coefficient (Wildman–Crippen LogP) is 6.00. The maximum atomic E-state index is 14.2. The first-order valence-corrected chi connectivity index (χ1v) is 9.94. The van der Waals surface area contributed by atoms with Crippen LogP contribution in [-0.4, -0.2) is 27.0 Å². The Morgan fingerprint density at radius 1 is 1.23 bits per heavy atom. The van der Waals surface area contributed by atoms with Crippen molar-refractivity contribution in [3.8, 4) is 5.75 Å². The summed E-state index contributed by atoms with van der Waals surface area (Å²) in [7, 11) is 0. The van der Waals surface area contributed by atoms with E-state index in [1.54, 1.807) is 37.3 Å². The third-order valence-corrected chi connectivity index (χ3v) is 6.10. The van der Waals surface area contributed by atoms with E-state index in [4.69, 9.17) is 11.6 Å². The maximum absolute atomic E-state index is 14.2. The van der Waals surface area contributed by atoms with Gasteiger partial charge >= 0.3 is 6.18 Å². The number of phenols is 1. The van der Waals surface area contributed by atoms with Gasteiger partial charge in [-0.2, -0.15) is 13.2 Å². The van der Waals surface area contributed by atoms with E-state index in [9.17, 15) is 27.8 Å². The SMILES string of the molecule is Cc1ccc2c(NC3c4cc(Cl)c(F)c(O)c4C(C)CC3(O)C(F)(F)F)cccc2n1. The lowest BCUT2D eigenvalue weighted by atomic mass is 9.70. The van der Waals surface area contributed by atoms with Crippen LogP contribution in [-0.2, 0) is 0 Å². The number of pyridine rings is 1. The minimum Gasteiger partial charge on any atom is -0.505 e. The Morgan fingerprint density at radius 2 is 1.94 bits per heavy atom. The summed E-state index contributed by atoms with van der Waals surface area (Å²) in [6.45, 7) is 3.18. The van der Waals surface area contributed by atoms with Crippen LogP contribution in [0.4, 0.5) is 23.2 Å². The van der Waals surface area contributed by atoms with E-state index in [1.807, 2.05) is 0 Å². The standard InChI is InChI=1S/C22H19ClF4N2O2/c1-10-9-21(31,22(25,26)27)20(13-8-14(23)18(24)19(30)17(10)13)29-16-5-3-4-15-12(16)7-6-11(2)28-15/h3-8,10,20,29-31H,9H2,1-2H3. The van der Waals surface area contributed by atoms with Gasteiger partial charge in [0.25, 0.3) is 0 Å². The summed E-state index contributed by atoms with van der Waals surface area (Å²) in [5.74, 6) is -2.88. The molecule has 0 amide bonds. The van der Waals surface area contributed by atoms with Gasteiger partial charge in [-0.05, 0) is 55.2 Å². The molecule has 1 aliphatic rings. The van der Waals surface area contributed by atoms with Crippen molar-refractivity contribution >= 4 is 28.2 Å². The molecular weight excluding hydrogens is 436 g/mol. The van der Waals surface area contributed by atoms with Gasteiger partial charge in [-0.25, -0.2) is 4.39 Å². The normalized spacial score (nSPS) is 23.6. The lowest BCUT2D eigenvalue weighted by Crippen LogP contribution is -2.55. The molecule has 2 aromatic carbocycles. The summed E-state index contributed by atoms with van der Waals surface area (Å²) in [6.07, 6.45) is -5.77. The summed E-state index contributed by atoms with van der Waals surface area (Å²) >= 11 is 5.85. The van der Waals surface area contributed by atoms with E-state index in [1.165, 1.54) is 6.92 Å². The molecule has 0 saturated carbocycles. The summed E-state index contributed by atoms with van der Waals surface area (Å²) in [5, 5.41) is 24.0. The topological polar surface area (TPSA) is 65.4 Å². The molecule has 0 aliphatic heterocycles. The number of rotatable bonds is 2. The van der Waals surface area contributed by atoms with Crippen LogP contribution in [0.1, 0.15) is 42.1 Å². The van der Waals surface area contributed by atoms with Gasteiger partial charge in [-0.1, -0.05) is 24.6 Å². The number of halogens is 5. The molecule has 31 heavy (non-hydrogen) atoms. The highest BCUT2D eigenvalue weighted by Crippen LogP contribution is 2.55. The summed E-state index contributed by atoms with van der Waals surface area (Å²) < 4.78 is 56.6. The van der Waals surface area contributed by atoms with E-state index in [0.29, 0.717) is 16.6 Å². The molecule has 0 fully saturated rings. The molecule has 0 radical (unpaired) electrons. The Bertz CT molecular complexity index is 1180. The first-order chi connectivity index (χ1) is 14.4. The molecule has 9 heteroatoms. The third kappa shape index (κ3) is 3.38.